The van der Waals surface area contributed by atoms with E-state index in [1.165, 1.54) is 11.1 Å². The maximum absolute atomic E-state index is 12.7. The van der Waals surface area contributed by atoms with Crippen molar-refractivity contribution in [1.29, 1.82) is 0 Å². The second kappa shape index (κ2) is 6.76. The van der Waals surface area contributed by atoms with Crippen LogP contribution in [-0.2, 0) is 22.7 Å². The fraction of sp³-hybridized carbons (Fsp3) is 0.350. The Balaban J connectivity index is 1.43. The third kappa shape index (κ3) is 3.60. The molecule has 0 spiro atoms. The molecule has 1 aliphatic heterocycles. The van der Waals surface area contributed by atoms with Crippen LogP contribution in [0.2, 0.25) is 0 Å². The van der Waals surface area contributed by atoms with Gasteiger partial charge in [-0.15, -0.1) is 0 Å². The molecule has 0 unspecified atom stereocenters. The number of carbonyl (C=O) groups is 1. The van der Waals surface area contributed by atoms with Crippen molar-refractivity contribution in [3.8, 4) is 0 Å². The Morgan fingerprint density at radius 3 is 2.27 bits per heavy atom. The number of sulfone groups is 1. The molecule has 2 aromatic rings. The van der Waals surface area contributed by atoms with Crippen LogP contribution in [0.4, 0.5) is 5.69 Å². The van der Waals surface area contributed by atoms with Crippen LogP contribution in [0.15, 0.2) is 48.5 Å². The van der Waals surface area contributed by atoms with Crippen LogP contribution in [0.5, 0.6) is 0 Å². The maximum atomic E-state index is 12.7. The SMILES string of the molecule is O=C(NC1Cc2ccccc2C1)c1cccc(N2CCS(=O)(=O)CC2)c1. The summed E-state index contributed by atoms with van der Waals surface area (Å²) in [7, 11) is -2.91. The molecule has 1 amide bonds. The van der Waals surface area contributed by atoms with Gasteiger partial charge in [-0.2, -0.15) is 0 Å². The molecule has 0 radical (unpaired) electrons. The number of nitrogens with zero attached hydrogens (tertiary/aromatic N) is 1. The molecule has 1 aliphatic carbocycles. The highest BCUT2D eigenvalue weighted by Gasteiger charge is 2.24. The summed E-state index contributed by atoms with van der Waals surface area (Å²) in [6, 6.07) is 15.9. The van der Waals surface area contributed by atoms with Crippen LogP contribution in [0.1, 0.15) is 21.5 Å². The highest BCUT2D eigenvalue weighted by Crippen LogP contribution is 2.23. The van der Waals surface area contributed by atoms with Gasteiger partial charge in [-0.25, -0.2) is 8.42 Å². The highest BCUT2D eigenvalue weighted by molar-refractivity contribution is 7.91. The van der Waals surface area contributed by atoms with Crippen molar-refractivity contribution in [3.05, 3.63) is 65.2 Å². The van der Waals surface area contributed by atoms with E-state index in [1.54, 1.807) is 0 Å². The Bertz CT molecular complexity index is 901. The standard InChI is InChI=1S/C20H22N2O3S/c23-20(21-18-12-15-4-1-2-5-16(15)13-18)17-6-3-7-19(14-17)22-8-10-26(24,25)11-9-22/h1-7,14,18H,8-13H2,(H,21,23). The van der Waals surface area contributed by atoms with Gasteiger partial charge in [0.15, 0.2) is 9.84 Å². The first kappa shape index (κ1) is 17.1. The molecule has 1 N–H and O–H groups in total. The molecule has 26 heavy (non-hydrogen) atoms. The van der Waals surface area contributed by atoms with E-state index in [4.69, 9.17) is 0 Å². The van der Waals surface area contributed by atoms with E-state index in [0.717, 1.165) is 18.5 Å². The Morgan fingerprint density at radius 2 is 1.62 bits per heavy atom. The number of fused-ring (bicyclic) bond motifs is 1. The Hall–Kier alpha value is -2.34. The first-order valence-electron chi connectivity index (χ1n) is 8.93. The molecule has 2 aromatic carbocycles. The molecule has 136 valence electrons. The zero-order valence-electron chi connectivity index (χ0n) is 14.5. The minimum Gasteiger partial charge on any atom is -0.369 e. The fourth-order valence-electron chi connectivity index (χ4n) is 3.74. The average molecular weight is 370 g/mol. The zero-order valence-corrected chi connectivity index (χ0v) is 15.3. The largest absolute Gasteiger partial charge is 0.369 e. The molecule has 0 saturated carbocycles. The Kier molecular flexibility index (Phi) is 4.44. The van der Waals surface area contributed by atoms with E-state index in [1.807, 2.05) is 41.3 Å². The van der Waals surface area contributed by atoms with Gasteiger partial charge in [0, 0.05) is 30.4 Å². The molecule has 1 fully saturated rings. The van der Waals surface area contributed by atoms with Gasteiger partial charge in [-0.1, -0.05) is 30.3 Å². The van der Waals surface area contributed by atoms with Gasteiger partial charge in [0.25, 0.3) is 5.91 Å². The van der Waals surface area contributed by atoms with Crippen LogP contribution < -0.4 is 10.2 Å². The van der Waals surface area contributed by atoms with Crippen LogP contribution in [0.3, 0.4) is 0 Å². The number of hydrogen-bond donors (Lipinski definition) is 1. The number of amides is 1. The summed E-state index contributed by atoms with van der Waals surface area (Å²) in [5.41, 5.74) is 4.14. The van der Waals surface area contributed by atoms with Crippen molar-refractivity contribution in [1.82, 2.24) is 5.32 Å². The van der Waals surface area contributed by atoms with Crippen molar-refractivity contribution < 1.29 is 13.2 Å². The quantitative estimate of drug-likeness (QED) is 0.895. The number of hydrogen-bond acceptors (Lipinski definition) is 4. The lowest BCUT2D eigenvalue weighted by Gasteiger charge is -2.29. The molecule has 0 aromatic heterocycles. The minimum absolute atomic E-state index is 0.0747. The molecule has 0 atom stereocenters. The summed E-state index contributed by atoms with van der Waals surface area (Å²) in [4.78, 5) is 14.7. The predicted molar refractivity (Wildman–Crippen MR) is 102 cm³/mol. The second-order valence-electron chi connectivity index (χ2n) is 7.04. The summed E-state index contributed by atoms with van der Waals surface area (Å²) in [6.07, 6.45) is 1.73. The molecule has 1 saturated heterocycles. The summed E-state index contributed by atoms with van der Waals surface area (Å²) >= 11 is 0. The summed E-state index contributed by atoms with van der Waals surface area (Å²) in [6.45, 7) is 0.955. The van der Waals surface area contributed by atoms with Crippen LogP contribution in [0, 0.1) is 0 Å². The van der Waals surface area contributed by atoms with Gasteiger partial charge in [-0.05, 0) is 42.2 Å². The number of rotatable bonds is 3. The van der Waals surface area contributed by atoms with Gasteiger partial charge in [-0.3, -0.25) is 4.79 Å². The van der Waals surface area contributed by atoms with Crippen molar-refractivity contribution in [2.24, 2.45) is 0 Å². The van der Waals surface area contributed by atoms with Crippen LogP contribution in [0.25, 0.3) is 0 Å². The van der Waals surface area contributed by atoms with Crippen molar-refractivity contribution >= 4 is 21.4 Å². The molecule has 5 nitrogen and oxygen atoms in total. The number of anilines is 1. The predicted octanol–water partition coefficient (Wildman–Crippen LogP) is 1.82. The molecule has 4 rings (SSSR count). The topological polar surface area (TPSA) is 66.5 Å². The maximum Gasteiger partial charge on any atom is 0.251 e. The third-order valence-electron chi connectivity index (χ3n) is 5.20. The molecule has 6 heteroatoms. The van der Waals surface area contributed by atoms with Gasteiger partial charge in [0.05, 0.1) is 11.5 Å². The molecule has 2 aliphatic rings. The lowest BCUT2D eigenvalue weighted by Crippen LogP contribution is -2.40. The Morgan fingerprint density at radius 1 is 0.962 bits per heavy atom. The summed E-state index contributed by atoms with van der Waals surface area (Å²) in [5, 5.41) is 3.13. The highest BCUT2D eigenvalue weighted by atomic mass is 32.2. The molecule has 0 bridgehead atoms. The number of carbonyl (C=O) groups excluding carboxylic acids is 1. The van der Waals surface area contributed by atoms with E-state index in [-0.39, 0.29) is 23.5 Å². The van der Waals surface area contributed by atoms with E-state index in [2.05, 4.69) is 17.4 Å². The average Bonchev–Trinajstić information content (AvgIpc) is 3.04. The monoisotopic (exact) mass is 370 g/mol. The third-order valence-corrected chi connectivity index (χ3v) is 6.81. The van der Waals surface area contributed by atoms with Gasteiger partial charge in [0.2, 0.25) is 0 Å². The summed E-state index contributed by atoms with van der Waals surface area (Å²) in [5.74, 6) is 0.266. The molecular weight excluding hydrogens is 348 g/mol. The van der Waals surface area contributed by atoms with Crippen LogP contribution >= 0.6 is 0 Å². The van der Waals surface area contributed by atoms with Crippen molar-refractivity contribution in [3.63, 3.8) is 0 Å². The Labute approximate surface area is 153 Å². The molecule has 1 heterocycles. The van der Waals surface area contributed by atoms with Gasteiger partial charge < -0.3 is 10.2 Å². The minimum atomic E-state index is -2.91. The second-order valence-corrected chi connectivity index (χ2v) is 9.34. The van der Waals surface area contributed by atoms with E-state index < -0.39 is 9.84 Å². The first-order valence-corrected chi connectivity index (χ1v) is 10.8. The first-order chi connectivity index (χ1) is 12.5. The van der Waals surface area contributed by atoms with Crippen LogP contribution in [-0.4, -0.2) is 45.0 Å². The van der Waals surface area contributed by atoms with Crippen molar-refractivity contribution in [2.75, 3.05) is 29.5 Å². The van der Waals surface area contributed by atoms with Gasteiger partial charge in [0.1, 0.15) is 0 Å². The number of benzene rings is 2. The zero-order chi connectivity index (χ0) is 18.1. The summed E-state index contributed by atoms with van der Waals surface area (Å²) < 4.78 is 23.2. The normalized spacial score (nSPS) is 19.2. The fourth-order valence-corrected chi connectivity index (χ4v) is 4.95. The molecular formula is C20H22N2O3S. The van der Waals surface area contributed by atoms with E-state index in [9.17, 15) is 13.2 Å². The van der Waals surface area contributed by atoms with E-state index >= 15 is 0 Å². The van der Waals surface area contributed by atoms with Crippen molar-refractivity contribution in [2.45, 2.75) is 18.9 Å². The number of nitrogens with one attached hydrogen (secondary N) is 1. The van der Waals surface area contributed by atoms with Gasteiger partial charge >= 0.3 is 0 Å². The lowest BCUT2D eigenvalue weighted by atomic mass is 10.1. The smallest absolute Gasteiger partial charge is 0.251 e. The lowest BCUT2D eigenvalue weighted by molar-refractivity contribution is 0.0938. The van der Waals surface area contributed by atoms with E-state index in [0.29, 0.717) is 18.7 Å².